The van der Waals surface area contributed by atoms with Gasteiger partial charge in [0.25, 0.3) is 10.0 Å². The van der Waals surface area contributed by atoms with E-state index in [4.69, 9.17) is 5.73 Å². The van der Waals surface area contributed by atoms with Crippen LogP contribution in [0, 0.1) is 10.1 Å². The standard InChI is InChI=1S/C10H15N3O5S2/c1-10(14)3-2-4-12(6-10)20(17,18)8-5-7(13(15)16)9(11)19-8/h5,14H,2-4,6,11H2,1H3. The molecule has 112 valence electrons. The number of nitrogens with zero attached hydrogens (tertiary/aromatic N) is 2. The van der Waals surface area contributed by atoms with Crippen LogP contribution in [0.3, 0.4) is 0 Å². The maximum atomic E-state index is 12.4. The molecular weight excluding hydrogens is 306 g/mol. The Morgan fingerprint density at radius 2 is 2.25 bits per heavy atom. The van der Waals surface area contributed by atoms with Crippen LogP contribution in [0.1, 0.15) is 19.8 Å². The van der Waals surface area contributed by atoms with E-state index in [1.54, 1.807) is 6.92 Å². The first-order valence-electron chi connectivity index (χ1n) is 5.90. The molecule has 1 fully saturated rings. The van der Waals surface area contributed by atoms with E-state index in [-0.39, 0.29) is 22.3 Å². The molecule has 1 aromatic rings. The van der Waals surface area contributed by atoms with Crippen LogP contribution in [0.5, 0.6) is 0 Å². The minimum atomic E-state index is -3.86. The molecule has 0 aromatic carbocycles. The van der Waals surface area contributed by atoms with E-state index in [1.165, 1.54) is 0 Å². The lowest BCUT2D eigenvalue weighted by Crippen LogP contribution is -2.48. The summed E-state index contributed by atoms with van der Waals surface area (Å²) in [6, 6.07) is 0.971. The maximum absolute atomic E-state index is 12.4. The number of thiophene rings is 1. The maximum Gasteiger partial charge on any atom is 0.304 e. The first-order chi connectivity index (χ1) is 9.13. The van der Waals surface area contributed by atoms with Crippen molar-refractivity contribution in [2.45, 2.75) is 29.6 Å². The monoisotopic (exact) mass is 321 g/mol. The molecular formula is C10H15N3O5S2. The van der Waals surface area contributed by atoms with Crippen molar-refractivity contribution >= 4 is 32.0 Å². The van der Waals surface area contributed by atoms with Crippen LogP contribution in [0.2, 0.25) is 0 Å². The molecule has 1 unspecified atom stereocenters. The second-order valence-electron chi connectivity index (χ2n) is 5.01. The average Bonchev–Trinajstić information content (AvgIpc) is 2.70. The SMILES string of the molecule is CC1(O)CCCN(S(=O)(=O)c2cc([N+](=O)[O-])c(N)s2)C1. The Balaban J connectivity index is 2.35. The lowest BCUT2D eigenvalue weighted by Gasteiger charge is -2.35. The Morgan fingerprint density at radius 1 is 1.60 bits per heavy atom. The Hall–Kier alpha value is -1.23. The summed E-state index contributed by atoms with van der Waals surface area (Å²) >= 11 is 0.668. The van der Waals surface area contributed by atoms with Crippen LogP contribution in [0.4, 0.5) is 10.7 Å². The van der Waals surface area contributed by atoms with E-state index in [0.29, 0.717) is 24.2 Å². The third-order valence-corrected chi connectivity index (χ3v) is 6.40. The number of nitrogens with two attached hydrogens (primary N) is 1. The molecule has 1 aromatic heterocycles. The topological polar surface area (TPSA) is 127 Å². The lowest BCUT2D eigenvalue weighted by molar-refractivity contribution is -0.383. The van der Waals surface area contributed by atoms with Gasteiger partial charge >= 0.3 is 5.69 Å². The molecule has 0 radical (unpaired) electrons. The van der Waals surface area contributed by atoms with Crippen LogP contribution in [-0.4, -0.2) is 41.4 Å². The van der Waals surface area contributed by atoms with Gasteiger partial charge in [0.1, 0.15) is 4.21 Å². The molecule has 0 saturated carbocycles. The molecule has 0 bridgehead atoms. The quantitative estimate of drug-likeness (QED) is 0.625. The molecule has 3 N–H and O–H groups in total. The van der Waals surface area contributed by atoms with E-state index >= 15 is 0 Å². The van der Waals surface area contributed by atoms with Crippen LogP contribution < -0.4 is 5.73 Å². The molecule has 2 rings (SSSR count). The fourth-order valence-corrected chi connectivity index (χ4v) is 5.11. The van der Waals surface area contributed by atoms with Crippen molar-refractivity contribution in [1.82, 2.24) is 4.31 Å². The number of hydrogen-bond acceptors (Lipinski definition) is 7. The van der Waals surface area contributed by atoms with Gasteiger partial charge in [-0.3, -0.25) is 10.1 Å². The number of sulfonamides is 1. The summed E-state index contributed by atoms with van der Waals surface area (Å²) < 4.78 is 25.8. The van der Waals surface area contributed by atoms with Gasteiger partial charge < -0.3 is 10.8 Å². The molecule has 1 atom stereocenters. The highest BCUT2D eigenvalue weighted by molar-refractivity contribution is 7.91. The van der Waals surface area contributed by atoms with E-state index in [2.05, 4.69) is 0 Å². The molecule has 20 heavy (non-hydrogen) atoms. The zero-order chi connectivity index (χ0) is 15.1. The van der Waals surface area contributed by atoms with Gasteiger partial charge in [0.15, 0.2) is 5.00 Å². The van der Waals surface area contributed by atoms with Crippen molar-refractivity contribution in [2.24, 2.45) is 0 Å². The largest absolute Gasteiger partial charge is 0.389 e. The number of aliphatic hydroxyl groups is 1. The van der Waals surface area contributed by atoms with Crippen LogP contribution in [0.25, 0.3) is 0 Å². The molecule has 1 saturated heterocycles. The predicted octanol–water partition coefficient (Wildman–Crippen LogP) is 0.774. The van der Waals surface area contributed by atoms with Crippen LogP contribution >= 0.6 is 11.3 Å². The summed E-state index contributed by atoms with van der Waals surface area (Å²) in [6.07, 6.45) is 1.06. The van der Waals surface area contributed by atoms with Gasteiger partial charge in [0.2, 0.25) is 0 Å². The third-order valence-electron chi connectivity index (χ3n) is 3.15. The van der Waals surface area contributed by atoms with Gasteiger partial charge in [-0.05, 0) is 19.8 Å². The molecule has 0 aliphatic carbocycles. The number of nitrogen functional groups attached to an aromatic ring is 1. The van der Waals surface area contributed by atoms with E-state index < -0.39 is 26.2 Å². The summed E-state index contributed by atoms with van der Waals surface area (Å²) in [5, 5.41) is 20.6. The number of anilines is 1. The average molecular weight is 321 g/mol. The van der Waals surface area contributed by atoms with E-state index in [1.807, 2.05) is 0 Å². The summed E-state index contributed by atoms with van der Waals surface area (Å²) in [7, 11) is -3.86. The number of rotatable bonds is 3. The van der Waals surface area contributed by atoms with Crippen molar-refractivity contribution in [2.75, 3.05) is 18.8 Å². The normalized spacial score (nSPS) is 24.7. The summed E-state index contributed by atoms with van der Waals surface area (Å²) in [4.78, 5) is 10.0. The van der Waals surface area contributed by atoms with Crippen LogP contribution in [0.15, 0.2) is 10.3 Å². The van der Waals surface area contributed by atoms with Gasteiger partial charge in [-0.1, -0.05) is 11.3 Å². The van der Waals surface area contributed by atoms with Gasteiger partial charge in [0, 0.05) is 19.2 Å². The fraction of sp³-hybridized carbons (Fsp3) is 0.600. The van der Waals surface area contributed by atoms with Gasteiger partial charge in [-0.15, -0.1) is 0 Å². The highest BCUT2D eigenvalue weighted by Gasteiger charge is 2.37. The lowest BCUT2D eigenvalue weighted by atomic mass is 9.97. The zero-order valence-electron chi connectivity index (χ0n) is 10.8. The molecule has 2 heterocycles. The van der Waals surface area contributed by atoms with Gasteiger partial charge in [0.05, 0.1) is 10.5 Å². The number of β-amino-alcohol motifs (C(OH)–C–C–N with tert-alkyl or cyclic N) is 1. The fourth-order valence-electron chi connectivity index (χ4n) is 2.15. The van der Waals surface area contributed by atoms with Gasteiger partial charge in [-0.2, -0.15) is 4.31 Å². The van der Waals surface area contributed by atoms with Crippen LogP contribution in [-0.2, 0) is 10.0 Å². The molecule has 10 heteroatoms. The van der Waals surface area contributed by atoms with Crippen molar-refractivity contribution in [3.05, 3.63) is 16.2 Å². The molecule has 1 aliphatic rings. The highest BCUT2D eigenvalue weighted by atomic mass is 32.2. The minimum Gasteiger partial charge on any atom is -0.389 e. The summed E-state index contributed by atoms with van der Waals surface area (Å²) in [5.74, 6) is 0. The second-order valence-corrected chi connectivity index (χ2v) is 8.26. The van der Waals surface area contributed by atoms with Gasteiger partial charge in [-0.25, -0.2) is 8.42 Å². The zero-order valence-corrected chi connectivity index (χ0v) is 12.4. The van der Waals surface area contributed by atoms with E-state index in [0.717, 1.165) is 10.4 Å². The highest BCUT2D eigenvalue weighted by Crippen LogP contribution is 2.37. The molecule has 8 nitrogen and oxygen atoms in total. The Labute approximate surface area is 120 Å². The Morgan fingerprint density at radius 3 is 2.75 bits per heavy atom. The van der Waals surface area contributed by atoms with Crippen molar-refractivity contribution in [3.8, 4) is 0 Å². The van der Waals surface area contributed by atoms with E-state index in [9.17, 15) is 23.6 Å². The summed E-state index contributed by atoms with van der Waals surface area (Å²) in [5.41, 5.74) is 3.98. The first-order valence-corrected chi connectivity index (χ1v) is 8.15. The first kappa shape index (κ1) is 15.2. The molecule has 0 spiro atoms. The molecule has 0 amide bonds. The van der Waals surface area contributed by atoms with Crippen molar-refractivity contribution in [3.63, 3.8) is 0 Å². The smallest absolute Gasteiger partial charge is 0.304 e. The molecule has 1 aliphatic heterocycles. The minimum absolute atomic E-state index is 0.0268. The third kappa shape index (κ3) is 2.77. The predicted molar refractivity (Wildman–Crippen MR) is 74.0 cm³/mol. The van der Waals surface area contributed by atoms with Crippen molar-refractivity contribution in [1.29, 1.82) is 0 Å². The Bertz CT molecular complexity index is 637. The number of nitro groups is 1. The van der Waals surface area contributed by atoms with Crippen molar-refractivity contribution < 1.29 is 18.4 Å². The summed E-state index contributed by atoms with van der Waals surface area (Å²) in [6.45, 7) is 1.82. The Kier molecular flexibility index (Phi) is 3.75. The number of piperidine rings is 1. The second kappa shape index (κ2) is 4.95. The number of hydrogen-bond donors (Lipinski definition) is 2.